The summed E-state index contributed by atoms with van der Waals surface area (Å²) in [6.07, 6.45) is 2.39. The standard InChI is InChI=1S/C28H31N3O3/c1-20-7-6-8-21(15-20)19-34-27-12-5-2-9-22(27)17-31(14-13-25(29)28(32)33)18-23-16-30-26-11-4-3-10-24(23)26/h2-12,15-16,25,30H,13-14,17-19,29H2,1H3,(H,32,33)/t25-/m0/s1. The number of ether oxygens (including phenoxy) is 1. The van der Waals surface area contributed by atoms with E-state index in [4.69, 9.17) is 10.5 Å². The van der Waals surface area contributed by atoms with E-state index < -0.39 is 12.0 Å². The van der Waals surface area contributed by atoms with E-state index in [1.165, 1.54) is 10.9 Å². The Morgan fingerprint density at radius 2 is 1.79 bits per heavy atom. The molecule has 6 nitrogen and oxygen atoms in total. The number of benzene rings is 3. The SMILES string of the molecule is Cc1cccc(COc2ccccc2CN(CC[C@H](N)C(=O)O)Cc2c[nH]c3ccccc23)c1. The van der Waals surface area contributed by atoms with Crippen molar-refractivity contribution in [3.8, 4) is 5.75 Å². The minimum Gasteiger partial charge on any atom is -0.489 e. The van der Waals surface area contributed by atoms with Crippen molar-refractivity contribution in [1.82, 2.24) is 9.88 Å². The van der Waals surface area contributed by atoms with Gasteiger partial charge in [-0.25, -0.2) is 0 Å². The van der Waals surface area contributed by atoms with Gasteiger partial charge >= 0.3 is 5.97 Å². The lowest BCUT2D eigenvalue weighted by Crippen LogP contribution is -2.35. The highest BCUT2D eigenvalue weighted by atomic mass is 16.5. The summed E-state index contributed by atoms with van der Waals surface area (Å²) in [6, 6.07) is 23.6. The number of carbonyl (C=O) groups is 1. The number of nitrogens with zero attached hydrogens (tertiary/aromatic N) is 1. The van der Waals surface area contributed by atoms with Gasteiger partial charge in [0, 0.05) is 42.3 Å². The Morgan fingerprint density at radius 1 is 1.03 bits per heavy atom. The van der Waals surface area contributed by atoms with Crippen LogP contribution in [0.3, 0.4) is 0 Å². The molecule has 0 bridgehead atoms. The average Bonchev–Trinajstić information content (AvgIpc) is 3.24. The van der Waals surface area contributed by atoms with Crippen molar-refractivity contribution in [2.75, 3.05) is 6.54 Å². The van der Waals surface area contributed by atoms with Gasteiger partial charge in [-0.2, -0.15) is 0 Å². The van der Waals surface area contributed by atoms with E-state index in [0.717, 1.165) is 28.0 Å². The lowest BCUT2D eigenvalue weighted by atomic mass is 10.1. The van der Waals surface area contributed by atoms with E-state index in [9.17, 15) is 9.90 Å². The summed E-state index contributed by atoms with van der Waals surface area (Å²) in [4.78, 5) is 16.8. The first-order valence-corrected chi connectivity index (χ1v) is 11.5. The predicted molar refractivity (Wildman–Crippen MR) is 135 cm³/mol. The number of aliphatic carboxylic acids is 1. The molecule has 3 aromatic carbocycles. The molecule has 0 fully saturated rings. The fraction of sp³-hybridized carbons (Fsp3) is 0.250. The second kappa shape index (κ2) is 11.0. The summed E-state index contributed by atoms with van der Waals surface area (Å²) in [5.41, 5.74) is 11.4. The highest BCUT2D eigenvalue weighted by Gasteiger charge is 2.17. The van der Waals surface area contributed by atoms with E-state index in [1.807, 2.05) is 42.6 Å². The molecule has 0 aliphatic heterocycles. The number of nitrogens with two attached hydrogens (primary N) is 1. The first-order chi connectivity index (χ1) is 16.5. The molecule has 1 heterocycles. The third-order valence-electron chi connectivity index (χ3n) is 5.99. The first kappa shape index (κ1) is 23.5. The molecular weight excluding hydrogens is 426 g/mol. The lowest BCUT2D eigenvalue weighted by Gasteiger charge is -2.24. The lowest BCUT2D eigenvalue weighted by molar-refractivity contribution is -0.138. The molecule has 0 saturated heterocycles. The maximum Gasteiger partial charge on any atom is 0.320 e. The van der Waals surface area contributed by atoms with Gasteiger partial charge in [-0.3, -0.25) is 9.69 Å². The fourth-order valence-corrected chi connectivity index (χ4v) is 4.14. The van der Waals surface area contributed by atoms with Crippen LogP contribution in [0.25, 0.3) is 10.9 Å². The number of H-pyrrole nitrogens is 1. The molecule has 0 amide bonds. The molecule has 1 atom stereocenters. The number of hydrogen-bond donors (Lipinski definition) is 3. The zero-order chi connectivity index (χ0) is 23.9. The maximum absolute atomic E-state index is 11.3. The van der Waals surface area contributed by atoms with Crippen LogP contribution in [0, 0.1) is 6.92 Å². The second-order valence-corrected chi connectivity index (χ2v) is 8.69. The Bertz CT molecular complexity index is 1250. The first-order valence-electron chi connectivity index (χ1n) is 11.5. The molecule has 4 N–H and O–H groups in total. The third kappa shape index (κ3) is 6.04. The van der Waals surface area contributed by atoms with Crippen LogP contribution in [0.1, 0.15) is 28.7 Å². The normalized spacial score (nSPS) is 12.2. The van der Waals surface area contributed by atoms with Crippen LogP contribution in [-0.2, 0) is 24.5 Å². The van der Waals surface area contributed by atoms with Gasteiger partial charge in [-0.15, -0.1) is 0 Å². The van der Waals surface area contributed by atoms with Crippen molar-refractivity contribution < 1.29 is 14.6 Å². The molecular formula is C28H31N3O3. The van der Waals surface area contributed by atoms with Crippen LogP contribution in [0.5, 0.6) is 5.75 Å². The number of hydrogen-bond acceptors (Lipinski definition) is 4. The van der Waals surface area contributed by atoms with Crippen molar-refractivity contribution in [2.24, 2.45) is 5.73 Å². The Balaban J connectivity index is 1.52. The maximum atomic E-state index is 11.3. The van der Waals surface area contributed by atoms with E-state index in [1.54, 1.807) is 0 Å². The van der Waals surface area contributed by atoms with E-state index in [0.29, 0.717) is 32.7 Å². The number of aryl methyl sites for hydroxylation is 1. The van der Waals surface area contributed by atoms with Gasteiger partial charge in [0.1, 0.15) is 18.4 Å². The minimum absolute atomic E-state index is 0.365. The van der Waals surface area contributed by atoms with Crippen molar-refractivity contribution in [3.05, 3.63) is 101 Å². The quantitative estimate of drug-likeness (QED) is 0.299. The van der Waals surface area contributed by atoms with Crippen LogP contribution in [0.15, 0.2) is 79.0 Å². The zero-order valence-electron chi connectivity index (χ0n) is 19.4. The molecule has 176 valence electrons. The number of para-hydroxylation sites is 2. The molecule has 4 rings (SSSR count). The van der Waals surface area contributed by atoms with E-state index in [-0.39, 0.29) is 0 Å². The Morgan fingerprint density at radius 3 is 2.62 bits per heavy atom. The topological polar surface area (TPSA) is 91.6 Å². The Labute approximate surface area is 200 Å². The summed E-state index contributed by atoms with van der Waals surface area (Å²) in [5.74, 6) is -0.149. The molecule has 34 heavy (non-hydrogen) atoms. The number of aromatic amines is 1. The summed E-state index contributed by atoms with van der Waals surface area (Å²) in [6.45, 7) is 4.41. The van der Waals surface area contributed by atoms with Crippen molar-refractivity contribution in [3.63, 3.8) is 0 Å². The van der Waals surface area contributed by atoms with Gasteiger partial charge in [-0.05, 0) is 36.6 Å². The zero-order valence-corrected chi connectivity index (χ0v) is 19.4. The van der Waals surface area contributed by atoms with Gasteiger partial charge in [0.2, 0.25) is 0 Å². The monoisotopic (exact) mass is 457 g/mol. The van der Waals surface area contributed by atoms with Gasteiger partial charge < -0.3 is 20.6 Å². The molecule has 0 saturated carbocycles. The number of rotatable bonds is 11. The van der Waals surface area contributed by atoms with Crippen LogP contribution in [0.4, 0.5) is 0 Å². The number of carboxylic acids is 1. The summed E-state index contributed by atoms with van der Waals surface area (Å²) in [5, 5.41) is 10.4. The number of aromatic nitrogens is 1. The predicted octanol–water partition coefficient (Wildman–Crippen LogP) is 4.86. The minimum atomic E-state index is -0.978. The molecule has 0 spiro atoms. The number of carboxylic acid groups (broad SMARTS) is 1. The molecule has 6 heteroatoms. The molecule has 4 aromatic rings. The summed E-state index contributed by atoms with van der Waals surface area (Å²) < 4.78 is 6.20. The van der Waals surface area contributed by atoms with Gasteiger partial charge in [0.05, 0.1) is 0 Å². The van der Waals surface area contributed by atoms with E-state index in [2.05, 4.69) is 53.2 Å². The average molecular weight is 458 g/mol. The summed E-state index contributed by atoms with van der Waals surface area (Å²) >= 11 is 0. The number of fused-ring (bicyclic) bond motifs is 1. The van der Waals surface area contributed by atoms with Crippen LogP contribution in [0.2, 0.25) is 0 Å². The highest BCUT2D eigenvalue weighted by Crippen LogP contribution is 2.25. The van der Waals surface area contributed by atoms with Crippen molar-refractivity contribution >= 4 is 16.9 Å². The smallest absolute Gasteiger partial charge is 0.320 e. The highest BCUT2D eigenvalue weighted by molar-refractivity contribution is 5.83. The molecule has 0 radical (unpaired) electrons. The van der Waals surface area contributed by atoms with Crippen LogP contribution >= 0.6 is 0 Å². The Kier molecular flexibility index (Phi) is 7.62. The number of nitrogens with one attached hydrogen (secondary N) is 1. The second-order valence-electron chi connectivity index (χ2n) is 8.69. The fourth-order valence-electron chi connectivity index (χ4n) is 4.14. The van der Waals surface area contributed by atoms with Gasteiger partial charge in [0.25, 0.3) is 0 Å². The van der Waals surface area contributed by atoms with Crippen LogP contribution in [-0.4, -0.2) is 33.5 Å². The summed E-state index contributed by atoms with van der Waals surface area (Å²) in [7, 11) is 0. The molecule has 0 unspecified atom stereocenters. The van der Waals surface area contributed by atoms with Gasteiger partial charge in [0.15, 0.2) is 0 Å². The molecule has 0 aliphatic rings. The van der Waals surface area contributed by atoms with E-state index >= 15 is 0 Å². The van der Waals surface area contributed by atoms with Gasteiger partial charge in [-0.1, -0.05) is 66.2 Å². The molecule has 0 aliphatic carbocycles. The molecule has 1 aromatic heterocycles. The largest absolute Gasteiger partial charge is 0.489 e. The Hall–Kier alpha value is -3.61. The van der Waals surface area contributed by atoms with Crippen molar-refractivity contribution in [2.45, 2.75) is 39.1 Å². The third-order valence-corrected chi connectivity index (χ3v) is 5.99. The van der Waals surface area contributed by atoms with Crippen molar-refractivity contribution in [1.29, 1.82) is 0 Å². The van der Waals surface area contributed by atoms with Crippen LogP contribution < -0.4 is 10.5 Å².